The van der Waals surface area contributed by atoms with Crippen LogP contribution in [-0.2, 0) is 11.2 Å². The molecule has 3 aromatic rings. The number of likely N-dealkylation sites (tertiary alicyclic amines) is 1. The van der Waals surface area contributed by atoms with E-state index in [0.717, 1.165) is 29.7 Å². The highest BCUT2D eigenvalue weighted by atomic mass is 16.5. The molecule has 126 valence electrons. The second-order valence-electron chi connectivity index (χ2n) is 6.26. The van der Waals surface area contributed by atoms with E-state index in [4.69, 9.17) is 4.52 Å². The molecule has 1 amide bonds. The van der Waals surface area contributed by atoms with Crippen LogP contribution in [0.25, 0.3) is 11.4 Å². The Kier molecular flexibility index (Phi) is 4.01. The van der Waals surface area contributed by atoms with Crippen molar-refractivity contribution in [3.8, 4) is 11.4 Å². The third-order valence-corrected chi connectivity index (χ3v) is 4.42. The van der Waals surface area contributed by atoms with E-state index in [1.165, 1.54) is 0 Å². The molecule has 6 heteroatoms. The number of carbonyl (C=O) groups is 1. The molecule has 1 saturated heterocycles. The Morgan fingerprint density at radius 2 is 2.24 bits per heavy atom. The van der Waals surface area contributed by atoms with Gasteiger partial charge < -0.3 is 9.42 Å². The summed E-state index contributed by atoms with van der Waals surface area (Å²) >= 11 is 0. The van der Waals surface area contributed by atoms with Gasteiger partial charge in [-0.3, -0.25) is 9.78 Å². The summed E-state index contributed by atoms with van der Waals surface area (Å²) in [4.78, 5) is 22.9. The highest BCUT2D eigenvalue weighted by Gasteiger charge is 2.37. The lowest BCUT2D eigenvalue weighted by atomic mass is 10.0. The zero-order valence-electron chi connectivity index (χ0n) is 13.9. The van der Waals surface area contributed by atoms with Crippen molar-refractivity contribution in [3.05, 3.63) is 65.8 Å². The van der Waals surface area contributed by atoms with E-state index < -0.39 is 0 Å². The van der Waals surface area contributed by atoms with Crippen LogP contribution in [0.5, 0.6) is 0 Å². The minimum atomic E-state index is -0.129. The van der Waals surface area contributed by atoms with Gasteiger partial charge in [-0.25, -0.2) is 0 Å². The van der Waals surface area contributed by atoms with Gasteiger partial charge in [-0.1, -0.05) is 35.0 Å². The average Bonchev–Trinajstić information content (AvgIpc) is 3.04. The summed E-state index contributed by atoms with van der Waals surface area (Å²) < 4.78 is 5.39. The van der Waals surface area contributed by atoms with Crippen LogP contribution in [0.15, 0.2) is 53.3 Å². The highest BCUT2D eigenvalue weighted by molar-refractivity contribution is 5.80. The highest BCUT2D eigenvalue weighted by Crippen LogP contribution is 2.33. The Hall–Kier alpha value is -3.02. The van der Waals surface area contributed by atoms with Gasteiger partial charge in [0.05, 0.1) is 6.42 Å². The van der Waals surface area contributed by atoms with Crippen molar-refractivity contribution in [3.63, 3.8) is 0 Å². The number of aromatic nitrogens is 3. The fourth-order valence-corrected chi connectivity index (χ4v) is 3.02. The molecule has 1 fully saturated rings. The van der Waals surface area contributed by atoms with E-state index in [0.29, 0.717) is 18.1 Å². The Balaban J connectivity index is 1.47. The number of benzene rings is 1. The smallest absolute Gasteiger partial charge is 0.249 e. The van der Waals surface area contributed by atoms with Crippen molar-refractivity contribution in [2.24, 2.45) is 0 Å². The molecule has 0 saturated carbocycles. The van der Waals surface area contributed by atoms with E-state index in [9.17, 15) is 4.79 Å². The van der Waals surface area contributed by atoms with Crippen LogP contribution >= 0.6 is 0 Å². The number of carbonyl (C=O) groups excluding carboxylic acids is 1. The zero-order valence-corrected chi connectivity index (χ0v) is 13.9. The fraction of sp³-hybridized carbons (Fsp3) is 0.263. The molecule has 0 spiro atoms. The van der Waals surface area contributed by atoms with E-state index in [2.05, 4.69) is 15.1 Å². The first kappa shape index (κ1) is 15.5. The van der Waals surface area contributed by atoms with Crippen LogP contribution in [0.4, 0.5) is 0 Å². The molecule has 2 aromatic heterocycles. The molecule has 0 bridgehead atoms. The topological polar surface area (TPSA) is 72.1 Å². The van der Waals surface area contributed by atoms with E-state index in [1.807, 2.05) is 48.2 Å². The predicted molar refractivity (Wildman–Crippen MR) is 91.5 cm³/mol. The monoisotopic (exact) mass is 334 g/mol. The summed E-state index contributed by atoms with van der Waals surface area (Å²) in [5, 5.41) is 4.01. The lowest BCUT2D eigenvalue weighted by molar-refractivity contribution is -0.139. The third kappa shape index (κ3) is 3.15. The van der Waals surface area contributed by atoms with Gasteiger partial charge >= 0.3 is 0 Å². The van der Waals surface area contributed by atoms with Gasteiger partial charge in [-0.05, 0) is 31.0 Å². The van der Waals surface area contributed by atoms with Crippen LogP contribution in [0.3, 0.4) is 0 Å². The van der Waals surface area contributed by atoms with E-state index >= 15 is 0 Å². The molecule has 1 aromatic carbocycles. The van der Waals surface area contributed by atoms with Crippen molar-refractivity contribution in [1.82, 2.24) is 20.0 Å². The van der Waals surface area contributed by atoms with E-state index in [1.54, 1.807) is 12.4 Å². The molecule has 1 atom stereocenters. The molecule has 4 rings (SSSR count). The molecule has 1 unspecified atom stereocenters. The van der Waals surface area contributed by atoms with Gasteiger partial charge in [0, 0.05) is 24.5 Å². The van der Waals surface area contributed by atoms with Crippen LogP contribution in [-0.4, -0.2) is 32.5 Å². The normalized spacial score (nSPS) is 16.5. The molecule has 1 aliphatic heterocycles. The minimum Gasteiger partial charge on any atom is -0.337 e. The second-order valence-corrected chi connectivity index (χ2v) is 6.26. The summed E-state index contributed by atoms with van der Waals surface area (Å²) in [7, 11) is 0. The maximum Gasteiger partial charge on any atom is 0.249 e. The minimum absolute atomic E-state index is 0.0861. The summed E-state index contributed by atoms with van der Waals surface area (Å²) in [5.41, 5.74) is 2.98. The van der Waals surface area contributed by atoms with Crippen LogP contribution in [0.2, 0.25) is 0 Å². The van der Waals surface area contributed by atoms with Crippen LogP contribution < -0.4 is 0 Å². The Labute approximate surface area is 145 Å². The first-order chi connectivity index (χ1) is 12.2. The Bertz CT molecular complexity index is 891. The quantitative estimate of drug-likeness (QED) is 0.733. The SMILES string of the molecule is Cc1cccc(CC(=O)N2CCC2c2nc(-c3cccnc3)no2)c1. The van der Waals surface area contributed by atoms with Gasteiger partial charge in [0.2, 0.25) is 17.6 Å². The molecule has 0 radical (unpaired) electrons. The summed E-state index contributed by atoms with van der Waals surface area (Å²) in [6, 6.07) is 11.6. The van der Waals surface area contributed by atoms with Crippen molar-refractivity contribution in [1.29, 1.82) is 0 Å². The summed E-state index contributed by atoms with van der Waals surface area (Å²) in [5.74, 6) is 1.08. The average molecular weight is 334 g/mol. The molecular weight excluding hydrogens is 316 g/mol. The molecule has 0 N–H and O–H groups in total. The Morgan fingerprint density at radius 1 is 1.32 bits per heavy atom. The van der Waals surface area contributed by atoms with Gasteiger partial charge in [-0.2, -0.15) is 4.98 Å². The lowest BCUT2D eigenvalue weighted by Crippen LogP contribution is -2.46. The number of pyridine rings is 1. The fourth-order valence-electron chi connectivity index (χ4n) is 3.02. The van der Waals surface area contributed by atoms with Crippen molar-refractivity contribution >= 4 is 5.91 Å². The van der Waals surface area contributed by atoms with Crippen molar-refractivity contribution < 1.29 is 9.32 Å². The van der Waals surface area contributed by atoms with Crippen LogP contribution in [0, 0.1) is 6.92 Å². The predicted octanol–water partition coefficient (Wildman–Crippen LogP) is 2.96. The molecular formula is C19H18N4O2. The number of rotatable bonds is 4. The first-order valence-electron chi connectivity index (χ1n) is 8.30. The largest absolute Gasteiger partial charge is 0.337 e. The van der Waals surface area contributed by atoms with Gasteiger partial charge in [0.25, 0.3) is 0 Å². The van der Waals surface area contributed by atoms with Gasteiger partial charge in [0.15, 0.2) is 0 Å². The maximum atomic E-state index is 12.6. The third-order valence-electron chi connectivity index (χ3n) is 4.42. The molecule has 25 heavy (non-hydrogen) atoms. The molecule has 0 aliphatic carbocycles. The number of hydrogen-bond donors (Lipinski definition) is 0. The van der Waals surface area contributed by atoms with Crippen LogP contribution in [0.1, 0.15) is 29.5 Å². The van der Waals surface area contributed by atoms with Crippen molar-refractivity contribution in [2.75, 3.05) is 6.54 Å². The number of amides is 1. The maximum absolute atomic E-state index is 12.6. The number of hydrogen-bond acceptors (Lipinski definition) is 5. The standard InChI is InChI=1S/C19H18N4O2/c1-13-4-2-5-14(10-13)11-17(24)23-9-7-16(23)19-21-18(22-25-19)15-6-3-8-20-12-15/h2-6,8,10,12,16H,7,9,11H2,1H3. The van der Waals surface area contributed by atoms with Gasteiger partial charge in [0.1, 0.15) is 6.04 Å². The molecule has 6 nitrogen and oxygen atoms in total. The first-order valence-corrected chi connectivity index (χ1v) is 8.30. The summed E-state index contributed by atoms with van der Waals surface area (Å²) in [6.45, 7) is 2.75. The van der Waals surface area contributed by atoms with Gasteiger partial charge in [-0.15, -0.1) is 0 Å². The lowest BCUT2D eigenvalue weighted by Gasteiger charge is -2.38. The Morgan fingerprint density at radius 3 is 2.96 bits per heavy atom. The van der Waals surface area contributed by atoms with E-state index in [-0.39, 0.29) is 11.9 Å². The molecule has 1 aliphatic rings. The molecule has 3 heterocycles. The van der Waals surface area contributed by atoms with Crippen molar-refractivity contribution in [2.45, 2.75) is 25.8 Å². The number of aryl methyl sites for hydroxylation is 1. The summed E-state index contributed by atoms with van der Waals surface area (Å²) in [6.07, 6.45) is 4.62. The second kappa shape index (κ2) is 6.47. The zero-order chi connectivity index (χ0) is 17.2. The number of nitrogens with zero attached hydrogens (tertiary/aromatic N) is 4.